The van der Waals surface area contributed by atoms with Crippen molar-refractivity contribution in [2.75, 3.05) is 32.6 Å². The molecule has 0 saturated heterocycles. The number of aromatic nitrogens is 2. The number of nitrogens with zero attached hydrogens (tertiary/aromatic N) is 3. The standard InChI is InChI=1S/C17H24N4O4/c1-11-15(12-5-7-14(25-4)8-6-12)16(21(3)19-11)18-17(24)20(2)9-13(23)10-22/h5-8,13,22-23H,9-10H2,1-4H3,(H,18,24)/t13-/m0/s1. The van der Waals surface area contributed by atoms with Gasteiger partial charge in [-0.3, -0.25) is 10.00 Å². The molecule has 3 N–H and O–H groups in total. The van der Waals surface area contributed by atoms with E-state index >= 15 is 0 Å². The third-order valence-corrected chi connectivity index (χ3v) is 3.87. The van der Waals surface area contributed by atoms with Gasteiger partial charge in [0.05, 0.1) is 32.1 Å². The minimum absolute atomic E-state index is 0.0248. The highest BCUT2D eigenvalue weighted by Gasteiger charge is 2.20. The van der Waals surface area contributed by atoms with Crippen molar-refractivity contribution in [1.82, 2.24) is 14.7 Å². The number of urea groups is 1. The van der Waals surface area contributed by atoms with Gasteiger partial charge in [-0.25, -0.2) is 4.79 Å². The summed E-state index contributed by atoms with van der Waals surface area (Å²) in [6, 6.07) is 7.09. The normalized spacial score (nSPS) is 11.9. The third kappa shape index (κ3) is 4.28. The van der Waals surface area contributed by atoms with Crippen LogP contribution in [0, 0.1) is 6.92 Å². The molecule has 0 aliphatic heterocycles. The average Bonchev–Trinajstić information content (AvgIpc) is 2.88. The number of rotatable bonds is 6. The van der Waals surface area contributed by atoms with E-state index in [1.807, 2.05) is 31.2 Å². The number of ether oxygens (including phenoxy) is 1. The lowest BCUT2D eigenvalue weighted by Crippen LogP contribution is -2.38. The average molecular weight is 348 g/mol. The van der Waals surface area contributed by atoms with Gasteiger partial charge in [-0.2, -0.15) is 5.10 Å². The van der Waals surface area contributed by atoms with Crippen molar-refractivity contribution in [2.45, 2.75) is 13.0 Å². The molecule has 0 spiro atoms. The fraction of sp³-hybridized carbons (Fsp3) is 0.412. The van der Waals surface area contributed by atoms with Gasteiger partial charge in [0.2, 0.25) is 0 Å². The van der Waals surface area contributed by atoms with Crippen LogP contribution >= 0.6 is 0 Å². The lowest BCUT2D eigenvalue weighted by Gasteiger charge is -2.20. The van der Waals surface area contributed by atoms with Gasteiger partial charge in [-0.15, -0.1) is 0 Å². The maximum atomic E-state index is 12.4. The summed E-state index contributed by atoms with van der Waals surface area (Å²) in [6.07, 6.45) is -0.981. The molecule has 0 unspecified atom stereocenters. The van der Waals surface area contributed by atoms with Crippen molar-refractivity contribution >= 4 is 11.8 Å². The topological polar surface area (TPSA) is 99.9 Å². The highest BCUT2D eigenvalue weighted by Crippen LogP contribution is 2.32. The number of hydrogen-bond donors (Lipinski definition) is 3. The second kappa shape index (κ2) is 8.00. The van der Waals surface area contributed by atoms with Gasteiger partial charge < -0.3 is 19.8 Å². The first kappa shape index (κ1) is 18.8. The summed E-state index contributed by atoms with van der Waals surface area (Å²) in [5, 5.41) is 25.6. The number of aliphatic hydroxyl groups excluding tert-OH is 2. The molecule has 0 saturated carbocycles. The molecule has 0 fully saturated rings. The number of amides is 2. The summed E-state index contributed by atoms with van der Waals surface area (Å²) in [5.41, 5.74) is 2.50. The molecule has 136 valence electrons. The molecule has 0 bridgehead atoms. The summed E-state index contributed by atoms with van der Waals surface area (Å²) in [4.78, 5) is 13.7. The molecular weight excluding hydrogens is 324 g/mol. The molecule has 2 amide bonds. The molecule has 0 aliphatic rings. The van der Waals surface area contributed by atoms with E-state index < -0.39 is 18.7 Å². The molecule has 8 nitrogen and oxygen atoms in total. The Balaban J connectivity index is 2.27. The Kier molecular flexibility index (Phi) is 6.00. The minimum Gasteiger partial charge on any atom is -0.497 e. The quantitative estimate of drug-likeness (QED) is 0.729. The van der Waals surface area contributed by atoms with E-state index in [2.05, 4.69) is 10.4 Å². The highest BCUT2D eigenvalue weighted by molar-refractivity contribution is 5.93. The Morgan fingerprint density at radius 3 is 2.60 bits per heavy atom. The number of nitrogens with one attached hydrogen (secondary N) is 1. The second-order valence-corrected chi connectivity index (χ2v) is 5.81. The van der Waals surface area contributed by atoms with Crippen LogP contribution in [0.25, 0.3) is 11.1 Å². The molecule has 1 aromatic heterocycles. The number of aliphatic hydroxyl groups is 2. The molecule has 1 heterocycles. The fourth-order valence-corrected chi connectivity index (χ4v) is 2.56. The lowest BCUT2D eigenvalue weighted by molar-refractivity contribution is 0.0750. The fourth-order valence-electron chi connectivity index (χ4n) is 2.56. The number of aryl methyl sites for hydroxylation is 2. The molecular formula is C17H24N4O4. The van der Waals surface area contributed by atoms with Crippen LogP contribution < -0.4 is 10.1 Å². The Morgan fingerprint density at radius 2 is 2.04 bits per heavy atom. The monoisotopic (exact) mass is 348 g/mol. The molecule has 2 aromatic rings. The van der Waals surface area contributed by atoms with Gasteiger partial charge in [0.1, 0.15) is 11.6 Å². The zero-order valence-electron chi connectivity index (χ0n) is 14.9. The van der Waals surface area contributed by atoms with E-state index in [4.69, 9.17) is 9.84 Å². The highest BCUT2D eigenvalue weighted by atomic mass is 16.5. The largest absolute Gasteiger partial charge is 0.497 e. The summed E-state index contributed by atoms with van der Waals surface area (Å²) < 4.78 is 6.77. The minimum atomic E-state index is -0.981. The van der Waals surface area contributed by atoms with Gasteiger partial charge in [-0.05, 0) is 24.6 Å². The van der Waals surface area contributed by atoms with Gasteiger partial charge in [0.25, 0.3) is 0 Å². The second-order valence-electron chi connectivity index (χ2n) is 5.81. The molecule has 1 atom stereocenters. The number of anilines is 1. The van der Waals surface area contributed by atoms with E-state index in [1.54, 1.807) is 25.9 Å². The van der Waals surface area contributed by atoms with E-state index in [9.17, 15) is 9.90 Å². The smallest absolute Gasteiger partial charge is 0.322 e. The van der Waals surface area contributed by atoms with Crippen molar-refractivity contribution in [3.8, 4) is 16.9 Å². The Labute approximate surface area is 146 Å². The van der Waals surface area contributed by atoms with E-state index in [-0.39, 0.29) is 6.54 Å². The summed E-state index contributed by atoms with van der Waals surface area (Å²) in [7, 11) is 4.90. The maximum Gasteiger partial charge on any atom is 0.322 e. The van der Waals surface area contributed by atoms with Crippen molar-refractivity contribution in [3.63, 3.8) is 0 Å². The van der Waals surface area contributed by atoms with Crippen LogP contribution in [0.5, 0.6) is 5.75 Å². The van der Waals surface area contributed by atoms with Crippen LogP contribution in [-0.2, 0) is 7.05 Å². The van der Waals surface area contributed by atoms with Crippen molar-refractivity contribution in [3.05, 3.63) is 30.0 Å². The van der Waals surface area contributed by atoms with Crippen molar-refractivity contribution in [1.29, 1.82) is 0 Å². The first-order valence-corrected chi connectivity index (χ1v) is 7.86. The number of methoxy groups -OCH3 is 1. The van der Waals surface area contributed by atoms with E-state index in [0.717, 1.165) is 22.6 Å². The summed E-state index contributed by atoms with van der Waals surface area (Å²) in [5.74, 6) is 1.30. The van der Waals surface area contributed by atoms with Gasteiger partial charge in [0, 0.05) is 19.7 Å². The molecule has 8 heteroatoms. The maximum absolute atomic E-state index is 12.4. The first-order valence-electron chi connectivity index (χ1n) is 7.86. The lowest BCUT2D eigenvalue weighted by atomic mass is 10.1. The van der Waals surface area contributed by atoms with Crippen LogP contribution in [0.4, 0.5) is 10.6 Å². The van der Waals surface area contributed by atoms with Crippen molar-refractivity contribution < 1.29 is 19.7 Å². The van der Waals surface area contributed by atoms with E-state index in [0.29, 0.717) is 5.82 Å². The van der Waals surface area contributed by atoms with Crippen LogP contribution in [0.15, 0.2) is 24.3 Å². The molecule has 2 rings (SSSR count). The zero-order chi connectivity index (χ0) is 18.6. The molecule has 25 heavy (non-hydrogen) atoms. The van der Waals surface area contributed by atoms with Gasteiger partial charge in [-0.1, -0.05) is 12.1 Å². The third-order valence-electron chi connectivity index (χ3n) is 3.87. The SMILES string of the molecule is COc1ccc(-c2c(C)nn(C)c2NC(=O)N(C)C[C@H](O)CO)cc1. The van der Waals surface area contributed by atoms with Gasteiger partial charge in [0.15, 0.2) is 0 Å². The Hall–Kier alpha value is -2.58. The van der Waals surface area contributed by atoms with Gasteiger partial charge >= 0.3 is 6.03 Å². The number of carbonyl (C=O) groups is 1. The summed E-state index contributed by atoms with van der Waals surface area (Å²) >= 11 is 0. The van der Waals surface area contributed by atoms with Crippen molar-refractivity contribution in [2.24, 2.45) is 7.05 Å². The van der Waals surface area contributed by atoms with Crippen LogP contribution in [0.2, 0.25) is 0 Å². The molecule has 0 radical (unpaired) electrons. The van der Waals surface area contributed by atoms with E-state index in [1.165, 1.54) is 4.90 Å². The molecule has 0 aliphatic carbocycles. The number of likely N-dealkylation sites (N-methyl/N-ethyl adjacent to an activating group) is 1. The van der Waals surface area contributed by atoms with Crippen LogP contribution in [-0.4, -0.2) is 64.3 Å². The van der Waals surface area contributed by atoms with Crippen LogP contribution in [0.1, 0.15) is 5.69 Å². The summed E-state index contributed by atoms with van der Waals surface area (Å²) in [6.45, 7) is 1.49. The number of benzene rings is 1. The Morgan fingerprint density at radius 1 is 1.40 bits per heavy atom. The molecule has 1 aromatic carbocycles. The predicted molar refractivity (Wildman–Crippen MR) is 94.7 cm³/mol. The zero-order valence-corrected chi connectivity index (χ0v) is 14.9. The predicted octanol–water partition coefficient (Wildman–Crippen LogP) is 1.22. The first-order chi connectivity index (χ1) is 11.9. The van der Waals surface area contributed by atoms with Crippen LogP contribution in [0.3, 0.4) is 0 Å². The number of carbonyl (C=O) groups excluding carboxylic acids is 1. The number of hydrogen-bond acceptors (Lipinski definition) is 5. The Bertz CT molecular complexity index is 727.